The first-order chi connectivity index (χ1) is 13.3. The second kappa shape index (κ2) is 8.15. The van der Waals surface area contributed by atoms with Gasteiger partial charge in [-0.1, -0.05) is 19.1 Å². The lowest BCUT2D eigenvalue weighted by Crippen LogP contribution is -2.19. The predicted molar refractivity (Wildman–Crippen MR) is 94.5 cm³/mol. The van der Waals surface area contributed by atoms with Gasteiger partial charge in [0.1, 0.15) is 12.3 Å². The van der Waals surface area contributed by atoms with Crippen LogP contribution in [0.1, 0.15) is 18.2 Å². The van der Waals surface area contributed by atoms with Crippen molar-refractivity contribution >= 4 is 11.6 Å². The summed E-state index contributed by atoms with van der Waals surface area (Å²) in [7, 11) is 0. The van der Waals surface area contributed by atoms with Gasteiger partial charge >= 0.3 is 6.18 Å². The highest BCUT2D eigenvalue weighted by molar-refractivity contribution is 5.90. The third-order valence-corrected chi connectivity index (χ3v) is 3.85. The number of rotatable bonds is 7. The van der Waals surface area contributed by atoms with E-state index >= 15 is 0 Å². The Kier molecular flexibility index (Phi) is 5.67. The maximum atomic E-state index is 12.5. The molecule has 0 spiro atoms. The monoisotopic (exact) mass is 393 g/mol. The van der Waals surface area contributed by atoms with E-state index in [0.29, 0.717) is 11.4 Å². The number of benzene rings is 1. The highest BCUT2D eigenvalue weighted by Crippen LogP contribution is 2.27. The van der Waals surface area contributed by atoms with Crippen LogP contribution in [-0.4, -0.2) is 25.5 Å². The van der Waals surface area contributed by atoms with Crippen LogP contribution in [0.4, 0.5) is 18.9 Å². The van der Waals surface area contributed by atoms with Gasteiger partial charge in [0, 0.05) is 6.20 Å². The van der Waals surface area contributed by atoms with E-state index in [9.17, 15) is 18.0 Å². The molecule has 7 nitrogen and oxygen atoms in total. The molecular formula is C18H18F3N5O2. The first kappa shape index (κ1) is 19.5. The van der Waals surface area contributed by atoms with Crippen LogP contribution in [0, 0.1) is 0 Å². The zero-order valence-corrected chi connectivity index (χ0v) is 15.0. The van der Waals surface area contributed by atoms with Crippen LogP contribution >= 0.6 is 0 Å². The quantitative estimate of drug-likeness (QED) is 0.668. The number of alkyl halides is 3. The van der Waals surface area contributed by atoms with Crippen LogP contribution < -0.4 is 10.1 Å². The van der Waals surface area contributed by atoms with Gasteiger partial charge in [0.15, 0.2) is 12.4 Å². The molecule has 0 aliphatic carbocycles. The number of hydrogen-bond donors (Lipinski definition) is 1. The number of amides is 1. The normalized spacial score (nSPS) is 11.4. The average Bonchev–Trinajstić information content (AvgIpc) is 3.29. The minimum absolute atomic E-state index is 0.148. The molecule has 0 aliphatic heterocycles. The number of nitrogens with zero attached hydrogens (tertiary/aromatic N) is 4. The highest BCUT2D eigenvalue weighted by Gasteiger charge is 2.33. The van der Waals surface area contributed by atoms with Gasteiger partial charge in [-0.2, -0.15) is 23.4 Å². The average molecular weight is 393 g/mol. The summed E-state index contributed by atoms with van der Waals surface area (Å²) < 4.78 is 45.6. The van der Waals surface area contributed by atoms with E-state index < -0.39 is 17.8 Å². The van der Waals surface area contributed by atoms with Crippen molar-refractivity contribution in [1.29, 1.82) is 0 Å². The topological polar surface area (TPSA) is 74.0 Å². The van der Waals surface area contributed by atoms with Crippen molar-refractivity contribution in [3.8, 4) is 5.75 Å². The minimum Gasteiger partial charge on any atom is -0.471 e. The van der Waals surface area contributed by atoms with E-state index in [1.807, 2.05) is 24.3 Å². The summed E-state index contributed by atoms with van der Waals surface area (Å²) in [6.45, 7) is 1.87. The van der Waals surface area contributed by atoms with Gasteiger partial charge in [-0.3, -0.25) is 9.48 Å². The molecule has 3 aromatic rings. The minimum atomic E-state index is -4.54. The van der Waals surface area contributed by atoms with Crippen molar-refractivity contribution in [2.45, 2.75) is 32.8 Å². The van der Waals surface area contributed by atoms with Crippen molar-refractivity contribution in [3.63, 3.8) is 0 Å². The standard InChI is InChI=1S/C18H18F3N5O2/c1-2-13-3-5-15(6-4-13)28-12-26-10-14(9-22-26)23-17(27)11-25-8-7-16(24-25)18(19,20)21/h3-10H,2,11-12H2,1H3,(H,23,27). The van der Waals surface area contributed by atoms with E-state index in [2.05, 4.69) is 22.4 Å². The molecule has 0 bridgehead atoms. The van der Waals surface area contributed by atoms with Crippen LogP contribution in [0.2, 0.25) is 0 Å². The number of ether oxygens (including phenoxy) is 1. The molecule has 0 radical (unpaired) electrons. The van der Waals surface area contributed by atoms with Crippen LogP contribution in [0.3, 0.4) is 0 Å². The van der Waals surface area contributed by atoms with Gasteiger partial charge in [-0.25, -0.2) is 4.68 Å². The summed E-state index contributed by atoms with van der Waals surface area (Å²) in [6.07, 6.45) is 0.482. The lowest BCUT2D eigenvalue weighted by molar-refractivity contribution is -0.141. The van der Waals surface area contributed by atoms with Gasteiger partial charge in [0.2, 0.25) is 5.91 Å². The molecule has 2 aromatic heterocycles. The zero-order valence-electron chi connectivity index (χ0n) is 15.0. The van der Waals surface area contributed by atoms with Gasteiger partial charge < -0.3 is 10.1 Å². The van der Waals surface area contributed by atoms with Crippen molar-refractivity contribution in [2.75, 3.05) is 5.32 Å². The zero-order chi connectivity index (χ0) is 20.1. The number of anilines is 1. The predicted octanol–water partition coefficient (Wildman–Crippen LogP) is 3.34. The molecule has 0 unspecified atom stereocenters. The van der Waals surface area contributed by atoms with Gasteiger partial charge in [-0.05, 0) is 30.2 Å². The van der Waals surface area contributed by atoms with Crippen LogP contribution in [0.25, 0.3) is 0 Å². The molecule has 0 saturated carbocycles. The first-order valence-corrected chi connectivity index (χ1v) is 8.48. The Morgan fingerprint density at radius 3 is 2.57 bits per heavy atom. The molecule has 0 fully saturated rings. The molecule has 0 atom stereocenters. The van der Waals surface area contributed by atoms with Crippen molar-refractivity contribution in [3.05, 3.63) is 60.2 Å². The number of halogens is 3. The van der Waals surface area contributed by atoms with Crippen LogP contribution in [0.15, 0.2) is 48.9 Å². The molecule has 10 heteroatoms. The van der Waals surface area contributed by atoms with Crippen molar-refractivity contribution < 1.29 is 22.7 Å². The Bertz CT molecular complexity index is 931. The maximum absolute atomic E-state index is 12.5. The third kappa shape index (κ3) is 5.12. The number of aromatic nitrogens is 4. The molecule has 2 heterocycles. The Morgan fingerprint density at radius 2 is 1.93 bits per heavy atom. The lowest BCUT2D eigenvalue weighted by atomic mass is 10.2. The van der Waals surface area contributed by atoms with Gasteiger partial charge in [-0.15, -0.1) is 0 Å². The molecule has 3 rings (SSSR count). The van der Waals surface area contributed by atoms with E-state index in [0.717, 1.165) is 23.4 Å². The first-order valence-electron chi connectivity index (χ1n) is 8.48. The molecule has 0 aliphatic rings. The lowest BCUT2D eigenvalue weighted by Gasteiger charge is -2.07. The molecule has 28 heavy (non-hydrogen) atoms. The van der Waals surface area contributed by atoms with E-state index in [4.69, 9.17) is 4.74 Å². The van der Waals surface area contributed by atoms with E-state index in [1.54, 1.807) is 6.20 Å². The largest absolute Gasteiger partial charge is 0.471 e. The highest BCUT2D eigenvalue weighted by atomic mass is 19.4. The van der Waals surface area contributed by atoms with Crippen molar-refractivity contribution in [2.24, 2.45) is 0 Å². The SMILES string of the molecule is CCc1ccc(OCn2cc(NC(=O)Cn3ccc(C(F)(F)F)n3)cn2)cc1. The Morgan fingerprint density at radius 1 is 1.18 bits per heavy atom. The number of hydrogen-bond acceptors (Lipinski definition) is 4. The number of carbonyl (C=O) groups is 1. The Labute approximate surface area is 158 Å². The van der Waals surface area contributed by atoms with Crippen LogP contribution in [-0.2, 0) is 30.7 Å². The number of nitrogens with one attached hydrogen (secondary N) is 1. The summed E-state index contributed by atoms with van der Waals surface area (Å²) in [5.74, 6) is 0.171. The molecule has 1 N–H and O–H groups in total. The molecule has 148 valence electrons. The second-order valence-corrected chi connectivity index (χ2v) is 5.98. The van der Waals surface area contributed by atoms with Crippen molar-refractivity contribution in [1.82, 2.24) is 19.6 Å². The third-order valence-electron chi connectivity index (χ3n) is 3.85. The van der Waals surface area contributed by atoms with Gasteiger partial charge in [0.05, 0.1) is 18.1 Å². The maximum Gasteiger partial charge on any atom is 0.435 e. The molecule has 1 amide bonds. The second-order valence-electron chi connectivity index (χ2n) is 5.98. The summed E-state index contributed by atoms with van der Waals surface area (Å²) >= 11 is 0. The smallest absolute Gasteiger partial charge is 0.435 e. The molecule has 0 saturated heterocycles. The Hall–Kier alpha value is -3.30. The van der Waals surface area contributed by atoms with E-state index in [-0.39, 0.29) is 13.3 Å². The fourth-order valence-electron chi connectivity index (χ4n) is 2.41. The molecule has 1 aromatic carbocycles. The number of aryl methyl sites for hydroxylation is 1. The Balaban J connectivity index is 1.50. The van der Waals surface area contributed by atoms with Gasteiger partial charge in [0.25, 0.3) is 0 Å². The fourth-order valence-corrected chi connectivity index (χ4v) is 2.41. The summed E-state index contributed by atoms with van der Waals surface area (Å²) in [6, 6.07) is 8.50. The van der Waals surface area contributed by atoms with Crippen LogP contribution in [0.5, 0.6) is 5.75 Å². The summed E-state index contributed by atoms with van der Waals surface area (Å²) in [5, 5.41) is 9.95. The fraction of sp³-hybridized carbons (Fsp3) is 0.278. The van der Waals surface area contributed by atoms with E-state index in [1.165, 1.54) is 16.4 Å². The summed E-state index contributed by atoms with van der Waals surface area (Å²) in [4.78, 5) is 12.0. The molecular weight excluding hydrogens is 375 g/mol. The summed E-state index contributed by atoms with van der Waals surface area (Å²) in [5.41, 5.74) is 0.561. The number of carbonyl (C=O) groups excluding carboxylic acids is 1.